The Morgan fingerprint density at radius 1 is 1.10 bits per heavy atom. The summed E-state index contributed by atoms with van der Waals surface area (Å²) in [5.74, 6) is 0.0714. The minimum absolute atomic E-state index is 0.0814. The maximum Gasteiger partial charge on any atom is 0.246 e. The molecule has 164 valence electrons. The summed E-state index contributed by atoms with van der Waals surface area (Å²) in [7, 11) is 2.34. The van der Waals surface area contributed by atoms with Crippen LogP contribution in [0.5, 0.6) is 0 Å². The minimum Gasteiger partial charge on any atom is -0.341 e. The van der Waals surface area contributed by atoms with Crippen molar-refractivity contribution in [3.63, 3.8) is 0 Å². The first kappa shape index (κ1) is 23.1. The predicted octanol–water partition coefficient (Wildman–Crippen LogP) is 4.09. The van der Waals surface area contributed by atoms with Gasteiger partial charge in [-0.1, -0.05) is 29.3 Å². The summed E-state index contributed by atoms with van der Waals surface area (Å²) in [6.45, 7) is 6.06. The number of nitrogens with zero attached hydrogens (tertiary/aromatic N) is 3. The zero-order chi connectivity index (χ0) is 21.6. The number of hydrogen-bond donors (Lipinski definition) is 0. The van der Waals surface area contributed by atoms with E-state index in [-0.39, 0.29) is 11.8 Å². The standard InChI is InChI=1S/C23H32Cl2N3O2/c1-28(15-3-2-4-16-28)17-5-11-26-13-14-27(12-10-23(26)30)22(29)9-7-19-6-8-20(24)21(25)18-19/h6-9,18H,2-5,10-17H2,1H3/q+1/b9-7+. The van der Waals surface area contributed by atoms with Crippen LogP contribution in [0.15, 0.2) is 24.3 Å². The van der Waals surface area contributed by atoms with Gasteiger partial charge in [0, 0.05) is 45.1 Å². The van der Waals surface area contributed by atoms with E-state index < -0.39 is 0 Å². The average Bonchev–Trinajstić information content (AvgIpc) is 2.91. The third kappa shape index (κ3) is 6.47. The summed E-state index contributed by atoms with van der Waals surface area (Å²) >= 11 is 12.0. The van der Waals surface area contributed by atoms with E-state index in [1.165, 1.54) is 32.4 Å². The van der Waals surface area contributed by atoms with Crippen LogP contribution in [-0.4, -0.2) is 79.0 Å². The Morgan fingerprint density at radius 3 is 2.60 bits per heavy atom. The Balaban J connectivity index is 1.48. The quantitative estimate of drug-likeness (QED) is 0.481. The SMILES string of the molecule is C[N+]1(CCCN2CCN(C(=O)/C=C/c3ccc(Cl)c(Cl)c3)CCC2=O)CCCCC1. The maximum absolute atomic E-state index is 12.6. The number of piperidine rings is 1. The molecule has 0 atom stereocenters. The largest absolute Gasteiger partial charge is 0.341 e. The zero-order valence-electron chi connectivity index (χ0n) is 17.8. The Morgan fingerprint density at radius 2 is 1.87 bits per heavy atom. The summed E-state index contributed by atoms with van der Waals surface area (Å²) in [6.07, 6.45) is 8.66. The fourth-order valence-corrected chi connectivity index (χ4v) is 4.66. The van der Waals surface area contributed by atoms with Crippen LogP contribution in [0.1, 0.15) is 37.7 Å². The molecule has 2 aliphatic heterocycles. The Hall–Kier alpha value is -1.56. The predicted molar refractivity (Wildman–Crippen MR) is 123 cm³/mol. The van der Waals surface area contributed by atoms with Gasteiger partial charge in [-0.25, -0.2) is 0 Å². The number of quaternary nitrogens is 1. The van der Waals surface area contributed by atoms with Crippen LogP contribution in [0.3, 0.4) is 0 Å². The van der Waals surface area contributed by atoms with Gasteiger partial charge in [0.1, 0.15) is 0 Å². The molecule has 2 heterocycles. The first-order valence-electron chi connectivity index (χ1n) is 10.9. The van der Waals surface area contributed by atoms with Gasteiger partial charge in [-0.3, -0.25) is 9.59 Å². The van der Waals surface area contributed by atoms with Crippen molar-refractivity contribution in [2.75, 3.05) is 52.9 Å². The van der Waals surface area contributed by atoms with E-state index in [1.807, 2.05) is 11.0 Å². The number of likely N-dealkylation sites (tertiary alicyclic amines) is 1. The molecular formula is C23H32Cl2N3O2+. The molecule has 2 fully saturated rings. The van der Waals surface area contributed by atoms with Gasteiger partial charge in [-0.15, -0.1) is 0 Å². The molecule has 0 bridgehead atoms. The molecule has 2 aliphatic rings. The molecule has 0 unspecified atom stereocenters. The van der Waals surface area contributed by atoms with Crippen LogP contribution in [0.4, 0.5) is 0 Å². The van der Waals surface area contributed by atoms with Gasteiger partial charge >= 0.3 is 0 Å². The average molecular weight is 453 g/mol. The van der Waals surface area contributed by atoms with Crippen molar-refractivity contribution in [3.05, 3.63) is 39.9 Å². The van der Waals surface area contributed by atoms with Crippen LogP contribution in [0.2, 0.25) is 10.0 Å². The molecule has 2 saturated heterocycles. The lowest BCUT2D eigenvalue weighted by Gasteiger charge is -2.38. The van der Waals surface area contributed by atoms with Crippen molar-refractivity contribution in [2.45, 2.75) is 32.1 Å². The summed E-state index contributed by atoms with van der Waals surface area (Å²) in [5, 5.41) is 0.950. The van der Waals surface area contributed by atoms with E-state index in [0.717, 1.165) is 29.6 Å². The van der Waals surface area contributed by atoms with E-state index in [0.29, 0.717) is 36.1 Å². The molecule has 1 aromatic carbocycles. The van der Waals surface area contributed by atoms with Crippen LogP contribution in [-0.2, 0) is 9.59 Å². The summed E-state index contributed by atoms with van der Waals surface area (Å²) in [5.41, 5.74) is 0.819. The van der Waals surface area contributed by atoms with Crippen LogP contribution < -0.4 is 0 Å². The smallest absolute Gasteiger partial charge is 0.246 e. The molecule has 0 N–H and O–H groups in total. The second kappa shape index (κ2) is 10.7. The van der Waals surface area contributed by atoms with E-state index in [9.17, 15) is 9.59 Å². The molecule has 2 amide bonds. The Bertz CT molecular complexity index is 791. The molecule has 0 saturated carbocycles. The molecule has 0 radical (unpaired) electrons. The highest BCUT2D eigenvalue weighted by Gasteiger charge is 2.26. The van der Waals surface area contributed by atoms with Crippen LogP contribution in [0.25, 0.3) is 6.08 Å². The molecule has 1 aromatic rings. The van der Waals surface area contributed by atoms with Crippen molar-refractivity contribution in [2.24, 2.45) is 0 Å². The highest BCUT2D eigenvalue weighted by atomic mass is 35.5. The van der Waals surface area contributed by atoms with Gasteiger partial charge < -0.3 is 14.3 Å². The molecule has 0 spiro atoms. The van der Waals surface area contributed by atoms with Gasteiger partial charge in [-0.2, -0.15) is 0 Å². The third-order valence-electron chi connectivity index (χ3n) is 6.28. The lowest BCUT2D eigenvalue weighted by molar-refractivity contribution is -0.914. The molecule has 0 aromatic heterocycles. The monoisotopic (exact) mass is 452 g/mol. The van der Waals surface area contributed by atoms with Crippen molar-refractivity contribution >= 4 is 41.1 Å². The molecule has 0 aliphatic carbocycles. The van der Waals surface area contributed by atoms with E-state index in [1.54, 1.807) is 29.2 Å². The first-order valence-corrected chi connectivity index (χ1v) is 11.7. The van der Waals surface area contributed by atoms with E-state index in [4.69, 9.17) is 23.2 Å². The number of halogens is 2. The van der Waals surface area contributed by atoms with Crippen molar-refractivity contribution in [1.82, 2.24) is 9.80 Å². The van der Waals surface area contributed by atoms with Gasteiger partial charge in [0.25, 0.3) is 0 Å². The molecule has 30 heavy (non-hydrogen) atoms. The fraction of sp³-hybridized carbons (Fsp3) is 0.565. The van der Waals surface area contributed by atoms with E-state index >= 15 is 0 Å². The van der Waals surface area contributed by atoms with Crippen LogP contribution >= 0.6 is 23.2 Å². The van der Waals surface area contributed by atoms with Crippen LogP contribution in [0, 0.1) is 0 Å². The Labute approximate surface area is 189 Å². The Kier molecular flexibility index (Phi) is 8.20. The zero-order valence-corrected chi connectivity index (χ0v) is 19.3. The summed E-state index contributed by atoms with van der Waals surface area (Å²) in [6, 6.07) is 5.26. The lowest BCUT2D eigenvalue weighted by atomic mass is 10.1. The number of carbonyl (C=O) groups excluding carboxylic acids is 2. The second-order valence-corrected chi connectivity index (χ2v) is 9.48. The third-order valence-corrected chi connectivity index (χ3v) is 7.02. The number of carbonyl (C=O) groups is 2. The van der Waals surface area contributed by atoms with Gasteiger partial charge in [0.05, 0.1) is 36.7 Å². The van der Waals surface area contributed by atoms with Crippen molar-refractivity contribution in [3.8, 4) is 0 Å². The normalized spacial score (nSPS) is 19.9. The van der Waals surface area contributed by atoms with Crippen molar-refractivity contribution in [1.29, 1.82) is 0 Å². The molecule has 7 heteroatoms. The molecular weight excluding hydrogens is 421 g/mol. The summed E-state index contributed by atoms with van der Waals surface area (Å²) < 4.78 is 1.13. The van der Waals surface area contributed by atoms with Gasteiger partial charge in [0.2, 0.25) is 11.8 Å². The lowest BCUT2D eigenvalue weighted by Crippen LogP contribution is -2.49. The highest BCUT2D eigenvalue weighted by Crippen LogP contribution is 2.23. The number of amides is 2. The van der Waals surface area contributed by atoms with E-state index in [2.05, 4.69) is 7.05 Å². The topological polar surface area (TPSA) is 40.6 Å². The molecule has 3 rings (SSSR count). The first-order chi connectivity index (χ1) is 14.4. The highest BCUT2D eigenvalue weighted by molar-refractivity contribution is 6.42. The molecule has 5 nitrogen and oxygen atoms in total. The second-order valence-electron chi connectivity index (χ2n) is 8.67. The van der Waals surface area contributed by atoms with Gasteiger partial charge in [0.15, 0.2) is 0 Å². The minimum atomic E-state index is -0.0814. The van der Waals surface area contributed by atoms with Gasteiger partial charge in [-0.05, 0) is 43.0 Å². The summed E-state index contributed by atoms with van der Waals surface area (Å²) in [4.78, 5) is 28.8. The fourth-order valence-electron chi connectivity index (χ4n) is 4.36. The number of hydrogen-bond acceptors (Lipinski definition) is 2. The number of rotatable bonds is 6. The number of benzene rings is 1. The van der Waals surface area contributed by atoms with Crippen molar-refractivity contribution < 1.29 is 14.1 Å². The maximum atomic E-state index is 12.6.